The predicted molar refractivity (Wildman–Crippen MR) is 80.9 cm³/mol. The number of benzene rings is 2. The molecule has 0 aliphatic carbocycles. The maximum Gasteiger partial charge on any atom is 0.256 e. The largest absolute Gasteiger partial charge is 0.387 e. The number of hydroxylamine groups is 1. The topological polar surface area (TPSA) is 65.4 Å². The van der Waals surface area contributed by atoms with Crippen molar-refractivity contribution in [1.29, 1.82) is 5.26 Å². The first-order chi connectivity index (χ1) is 10.2. The first kappa shape index (κ1) is 14.4. The lowest BCUT2D eigenvalue weighted by atomic mass is 10.1. The van der Waals surface area contributed by atoms with Crippen LogP contribution in [0, 0.1) is 11.3 Å². The van der Waals surface area contributed by atoms with Gasteiger partial charge in [-0.2, -0.15) is 5.26 Å². The van der Waals surface area contributed by atoms with Gasteiger partial charge in [0.2, 0.25) is 0 Å². The molecule has 2 aromatic carbocycles. The zero-order valence-corrected chi connectivity index (χ0v) is 11.8. The van der Waals surface area contributed by atoms with Crippen molar-refractivity contribution in [3.05, 3.63) is 54.1 Å². The fourth-order valence-electron chi connectivity index (χ4n) is 1.91. The maximum absolute atomic E-state index is 11.9. The van der Waals surface area contributed by atoms with E-state index in [-0.39, 0.29) is 5.91 Å². The van der Waals surface area contributed by atoms with Crippen LogP contribution in [0.15, 0.2) is 48.5 Å². The van der Waals surface area contributed by atoms with Crippen LogP contribution in [0.2, 0.25) is 0 Å². The summed E-state index contributed by atoms with van der Waals surface area (Å²) in [5.41, 5.74) is 1.39. The Hall–Kier alpha value is -3.00. The van der Waals surface area contributed by atoms with Gasteiger partial charge >= 0.3 is 0 Å². The van der Waals surface area contributed by atoms with Crippen LogP contribution in [0.1, 0.15) is 12.5 Å². The van der Waals surface area contributed by atoms with Gasteiger partial charge in [-0.15, -0.1) is 5.06 Å². The van der Waals surface area contributed by atoms with E-state index in [0.717, 1.165) is 5.06 Å². The van der Waals surface area contributed by atoms with Crippen LogP contribution in [-0.4, -0.2) is 13.0 Å². The molecule has 0 aliphatic heterocycles. The molecular weight excluding hydrogens is 266 g/mol. The zero-order chi connectivity index (χ0) is 15.2. The average Bonchev–Trinajstić information content (AvgIpc) is 2.52. The summed E-state index contributed by atoms with van der Waals surface area (Å²) in [4.78, 5) is 17.5. The Morgan fingerprint density at radius 1 is 1.19 bits per heavy atom. The normalized spacial score (nSPS) is 9.57. The Balaban J connectivity index is 2.45. The van der Waals surface area contributed by atoms with Gasteiger partial charge in [0, 0.05) is 14.0 Å². The highest BCUT2D eigenvalue weighted by Crippen LogP contribution is 2.28. The fraction of sp³-hybridized carbons (Fsp3) is 0.125. The number of anilines is 2. The Morgan fingerprint density at radius 2 is 1.90 bits per heavy atom. The highest BCUT2D eigenvalue weighted by atomic mass is 16.7. The van der Waals surface area contributed by atoms with Gasteiger partial charge in [-0.1, -0.05) is 24.3 Å². The molecule has 0 bridgehead atoms. The highest BCUT2D eigenvalue weighted by Gasteiger charge is 2.19. The van der Waals surface area contributed by atoms with E-state index >= 15 is 0 Å². The van der Waals surface area contributed by atoms with Gasteiger partial charge in [0.25, 0.3) is 5.91 Å². The Kier molecular flexibility index (Phi) is 4.42. The maximum atomic E-state index is 11.9. The number of hydrogen-bond acceptors (Lipinski definition) is 4. The number of carbonyl (C=O) groups is 1. The first-order valence-electron chi connectivity index (χ1n) is 6.42. The van der Waals surface area contributed by atoms with E-state index in [0.29, 0.717) is 22.7 Å². The molecule has 0 unspecified atom stereocenters. The minimum atomic E-state index is -0.316. The molecular formula is C16H15N3O2. The summed E-state index contributed by atoms with van der Waals surface area (Å²) >= 11 is 0. The molecule has 5 nitrogen and oxygen atoms in total. The summed E-state index contributed by atoms with van der Waals surface area (Å²) < 4.78 is 0. The van der Waals surface area contributed by atoms with Crippen molar-refractivity contribution in [2.24, 2.45) is 0 Å². The molecule has 1 amide bonds. The molecule has 0 atom stereocenters. The molecule has 0 saturated heterocycles. The molecule has 2 rings (SSSR count). The third-order valence-electron chi connectivity index (χ3n) is 2.87. The number of para-hydroxylation sites is 1. The number of rotatable bonds is 4. The quantitative estimate of drug-likeness (QED) is 0.875. The summed E-state index contributed by atoms with van der Waals surface area (Å²) in [7, 11) is 1.72. The number of carbonyl (C=O) groups excluding carboxylic acids is 1. The van der Waals surface area contributed by atoms with Crippen molar-refractivity contribution >= 4 is 17.3 Å². The lowest BCUT2D eigenvalue weighted by molar-refractivity contribution is -0.120. The molecule has 2 aromatic rings. The third kappa shape index (κ3) is 3.12. The van der Waals surface area contributed by atoms with Crippen molar-refractivity contribution in [3.63, 3.8) is 0 Å². The van der Waals surface area contributed by atoms with Crippen LogP contribution in [0.5, 0.6) is 5.75 Å². The minimum absolute atomic E-state index is 0.316. The van der Waals surface area contributed by atoms with Gasteiger partial charge in [0.15, 0.2) is 5.75 Å². The molecule has 0 heterocycles. The lowest BCUT2D eigenvalue weighted by Gasteiger charge is -2.22. The van der Waals surface area contributed by atoms with Crippen LogP contribution in [-0.2, 0) is 4.79 Å². The lowest BCUT2D eigenvalue weighted by Crippen LogP contribution is -2.32. The van der Waals surface area contributed by atoms with E-state index in [1.54, 1.807) is 37.4 Å². The van der Waals surface area contributed by atoms with Crippen LogP contribution in [0.25, 0.3) is 0 Å². The number of hydrogen-bond donors (Lipinski definition) is 1. The van der Waals surface area contributed by atoms with Gasteiger partial charge in [-0.3, -0.25) is 4.79 Å². The summed E-state index contributed by atoms with van der Waals surface area (Å²) in [5, 5.41) is 13.4. The summed E-state index contributed by atoms with van der Waals surface area (Å²) in [6, 6.07) is 16.2. The van der Waals surface area contributed by atoms with E-state index in [2.05, 4.69) is 11.4 Å². The third-order valence-corrected chi connectivity index (χ3v) is 2.87. The monoisotopic (exact) mass is 281 g/mol. The van der Waals surface area contributed by atoms with Crippen molar-refractivity contribution in [3.8, 4) is 11.8 Å². The van der Waals surface area contributed by atoms with Crippen LogP contribution >= 0.6 is 0 Å². The van der Waals surface area contributed by atoms with Gasteiger partial charge < -0.3 is 10.2 Å². The smallest absolute Gasteiger partial charge is 0.256 e. The average molecular weight is 281 g/mol. The van der Waals surface area contributed by atoms with E-state index < -0.39 is 0 Å². The second-order valence-corrected chi connectivity index (χ2v) is 4.28. The van der Waals surface area contributed by atoms with E-state index in [4.69, 9.17) is 4.84 Å². The Morgan fingerprint density at radius 3 is 2.48 bits per heavy atom. The van der Waals surface area contributed by atoms with Gasteiger partial charge in [0.1, 0.15) is 17.3 Å². The molecule has 5 heteroatoms. The molecule has 106 valence electrons. The van der Waals surface area contributed by atoms with Crippen LogP contribution in [0.4, 0.5) is 11.4 Å². The van der Waals surface area contributed by atoms with Crippen LogP contribution in [0.3, 0.4) is 0 Å². The number of nitriles is 1. The molecule has 0 aliphatic rings. The van der Waals surface area contributed by atoms with Crippen molar-refractivity contribution in [1.82, 2.24) is 0 Å². The van der Waals surface area contributed by atoms with E-state index in [1.807, 2.05) is 18.2 Å². The van der Waals surface area contributed by atoms with Crippen molar-refractivity contribution < 1.29 is 9.63 Å². The summed E-state index contributed by atoms with van der Waals surface area (Å²) in [5.74, 6) is 0.204. The minimum Gasteiger partial charge on any atom is -0.387 e. The zero-order valence-electron chi connectivity index (χ0n) is 11.8. The number of amides is 1. The predicted octanol–water partition coefficient (Wildman–Crippen LogP) is 2.95. The molecule has 0 aromatic heterocycles. The number of nitrogens with zero attached hydrogens (tertiary/aromatic N) is 2. The molecule has 0 fully saturated rings. The van der Waals surface area contributed by atoms with E-state index in [1.165, 1.54) is 6.92 Å². The SMILES string of the molecule is CNc1cccc(N(Oc2ccccc2)C(C)=O)c1C#N. The van der Waals surface area contributed by atoms with Crippen LogP contribution < -0.4 is 15.2 Å². The van der Waals surface area contributed by atoms with Crippen molar-refractivity contribution in [2.75, 3.05) is 17.4 Å². The summed E-state index contributed by atoms with van der Waals surface area (Å²) in [6.07, 6.45) is 0. The highest BCUT2D eigenvalue weighted by molar-refractivity contribution is 5.92. The molecule has 0 radical (unpaired) electrons. The first-order valence-corrected chi connectivity index (χ1v) is 6.42. The van der Waals surface area contributed by atoms with Gasteiger partial charge in [0.05, 0.1) is 5.69 Å². The van der Waals surface area contributed by atoms with Crippen molar-refractivity contribution in [2.45, 2.75) is 6.92 Å². The second kappa shape index (κ2) is 6.44. The van der Waals surface area contributed by atoms with Gasteiger partial charge in [-0.05, 0) is 24.3 Å². The molecule has 0 spiro atoms. The molecule has 0 saturated carbocycles. The Bertz CT molecular complexity index is 678. The Labute approximate surface area is 123 Å². The fourth-order valence-corrected chi connectivity index (χ4v) is 1.91. The van der Waals surface area contributed by atoms with Gasteiger partial charge in [-0.25, -0.2) is 0 Å². The number of nitrogens with one attached hydrogen (secondary N) is 1. The molecule has 21 heavy (non-hydrogen) atoms. The molecule has 1 N–H and O–H groups in total. The van der Waals surface area contributed by atoms with E-state index in [9.17, 15) is 10.1 Å². The standard InChI is InChI=1S/C16H15N3O2/c1-12(20)19(21-13-7-4-3-5-8-13)16-10-6-9-15(18-2)14(16)11-17/h3-10,18H,1-2H3. The summed E-state index contributed by atoms with van der Waals surface area (Å²) in [6.45, 7) is 1.39. The second-order valence-electron chi connectivity index (χ2n) is 4.28.